The van der Waals surface area contributed by atoms with Crippen molar-refractivity contribution in [1.82, 2.24) is 9.78 Å². The highest BCUT2D eigenvalue weighted by Gasteiger charge is 2.32. The lowest BCUT2D eigenvalue weighted by atomic mass is 10.0. The Morgan fingerprint density at radius 1 is 1.29 bits per heavy atom. The van der Waals surface area contributed by atoms with Gasteiger partial charge >= 0.3 is 11.9 Å². The van der Waals surface area contributed by atoms with Crippen LogP contribution in [-0.4, -0.2) is 33.9 Å². The normalized spacial score (nSPS) is 11.2. The molecule has 0 unspecified atom stereocenters. The standard InChI is InChI=1S/C15H16N2O4/c1-15(2,14(20)21-3)17-9-10(8-16-17)11-6-4-5-7-12(11)13(18)19/h4-9H,1-3H3,(H,18,19). The van der Waals surface area contributed by atoms with E-state index in [4.69, 9.17) is 4.74 Å². The number of rotatable bonds is 4. The number of carbonyl (C=O) groups excluding carboxylic acids is 1. The van der Waals surface area contributed by atoms with Crippen molar-refractivity contribution in [2.45, 2.75) is 19.4 Å². The Labute approximate surface area is 122 Å². The van der Waals surface area contributed by atoms with Crippen LogP contribution in [0, 0.1) is 0 Å². The minimum Gasteiger partial charge on any atom is -0.478 e. The Hall–Kier alpha value is -2.63. The predicted octanol–water partition coefficient (Wildman–Crippen LogP) is 2.16. The van der Waals surface area contributed by atoms with Crippen LogP contribution >= 0.6 is 0 Å². The number of methoxy groups -OCH3 is 1. The summed E-state index contributed by atoms with van der Waals surface area (Å²) in [5.74, 6) is -1.44. The summed E-state index contributed by atoms with van der Waals surface area (Å²) in [4.78, 5) is 23.0. The minimum atomic E-state index is -1.01. The van der Waals surface area contributed by atoms with Gasteiger partial charge in [0.25, 0.3) is 0 Å². The fraction of sp³-hybridized carbons (Fsp3) is 0.267. The third kappa shape index (κ3) is 2.65. The molecule has 0 radical (unpaired) electrons. The van der Waals surface area contributed by atoms with Crippen LogP contribution in [0.15, 0.2) is 36.7 Å². The molecule has 1 N–H and O–H groups in total. The summed E-state index contributed by atoms with van der Waals surface area (Å²) >= 11 is 0. The van der Waals surface area contributed by atoms with E-state index in [0.29, 0.717) is 11.1 Å². The topological polar surface area (TPSA) is 81.4 Å². The Morgan fingerprint density at radius 3 is 2.57 bits per heavy atom. The van der Waals surface area contributed by atoms with Crippen molar-refractivity contribution in [3.8, 4) is 11.1 Å². The summed E-state index contributed by atoms with van der Waals surface area (Å²) in [6.07, 6.45) is 3.17. The van der Waals surface area contributed by atoms with Crippen LogP contribution < -0.4 is 0 Å². The summed E-state index contributed by atoms with van der Waals surface area (Å²) < 4.78 is 6.22. The molecule has 2 aromatic rings. The van der Waals surface area contributed by atoms with Crippen molar-refractivity contribution in [2.75, 3.05) is 7.11 Å². The third-order valence-electron chi connectivity index (χ3n) is 3.31. The molecular weight excluding hydrogens is 272 g/mol. The molecule has 6 nitrogen and oxygen atoms in total. The molecule has 110 valence electrons. The first-order valence-corrected chi connectivity index (χ1v) is 6.34. The number of esters is 1. The zero-order valence-electron chi connectivity index (χ0n) is 12.0. The van der Waals surface area contributed by atoms with Crippen LogP contribution in [0.25, 0.3) is 11.1 Å². The quantitative estimate of drug-likeness (QED) is 0.872. The summed E-state index contributed by atoms with van der Waals surface area (Å²) in [6, 6.07) is 6.65. The van der Waals surface area contributed by atoms with Gasteiger partial charge in [-0.3, -0.25) is 4.68 Å². The van der Waals surface area contributed by atoms with E-state index in [-0.39, 0.29) is 5.56 Å². The number of aromatic nitrogens is 2. The maximum absolute atomic E-state index is 11.8. The van der Waals surface area contributed by atoms with Gasteiger partial charge in [0.1, 0.15) is 0 Å². The van der Waals surface area contributed by atoms with Gasteiger partial charge in [0.05, 0.1) is 18.9 Å². The number of carbonyl (C=O) groups is 2. The number of carboxylic acid groups (broad SMARTS) is 1. The molecule has 0 bridgehead atoms. The SMILES string of the molecule is COC(=O)C(C)(C)n1cc(-c2ccccc2C(=O)O)cn1. The highest BCUT2D eigenvalue weighted by atomic mass is 16.5. The first-order chi connectivity index (χ1) is 9.87. The van der Waals surface area contributed by atoms with E-state index in [9.17, 15) is 14.7 Å². The second-order valence-corrected chi connectivity index (χ2v) is 5.07. The first-order valence-electron chi connectivity index (χ1n) is 6.34. The lowest BCUT2D eigenvalue weighted by Crippen LogP contribution is -2.37. The number of carboxylic acids is 1. The van der Waals surface area contributed by atoms with E-state index >= 15 is 0 Å². The molecule has 0 amide bonds. The highest BCUT2D eigenvalue weighted by Crippen LogP contribution is 2.26. The van der Waals surface area contributed by atoms with Crippen molar-refractivity contribution < 1.29 is 19.4 Å². The Bertz CT molecular complexity index is 688. The van der Waals surface area contributed by atoms with E-state index in [2.05, 4.69) is 5.10 Å². The molecule has 6 heteroatoms. The lowest BCUT2D eigenvalue weighted by molar-refractivity contribution is -0.150. The minimum absolute atomic E-state index is 0.188. The average molecular weight is 288 g/mol. The second kappa shape index (κ2) is 5.40. The molecule has 0 spiro atoms. The molecule has 1 aromatic carbocycles. The summed E-state index contributed by atoms with van der Waals surface area (Å²) in [7, 11) is 1.31. The van der Waals surface area contributed by atoms with Gasteiger partial charge in [0, 0.05) is 11.8 Å². The average Bonchev–Trinajstić information content (AvgIpc) is 2.96. The number of aromatic carboxylic acids is 1. The zero-order valence-corrected chi connectivity index (χ0v) is 12.0. The van der Waals surface area contributed by atoms with Crippen LogP contribution in [0.4, 0.5) is 0 Å². The van der Waals surface area contributed by atoms with Gasteiger partial charge in [-0.15, -0.1) is 0 Å². The zero-order chi connectivity index (χ0) is 15.6. The maximum atomic E-state index is 11.8. The number of hydrogen-bond donors (Lipinski definition) is 1. The molecule has 0 saturated heterocycles. The van der Waals surface area contributed by atoms with Crippen molar-refractivity contribution in [3.05, 3.63) is 42.2 Å². The molecule has 2 rings (SSSR count). The number of hydrogen-bond acceptors (Lipinski definition) is 4. The van der Waals surface area contributed by atoms with Gasteiger partial charge in [-0.1, -0.05) is 18.2 Å². The van der Waals surface area contributed by atoms with Crippen LogP contribution in [0.1, 0.15) is 24.2 Å². The third-order valence-corrected chi connectivity index (χ3v) is 3.31. The predicted molar refractivity (Wildman–Crippen MR) is 76.0 cm³/mol. The molecule has 21 heavy (non-hydrogen) atoms. The van der Waals surface area contributed by atoms with Gasteiger partial charge in [0.2, 0.25) is 0 Å². The molecule has 1 heterocycles. The summed E-state index contributed by atoms with van der Waals surface area (Å²) in [5, 5.41) is 13.4. The molecule has 0 fully saturated rings. The van der Waals surface area contributed by atoms with Gasteiger partial charge in [-0.2, -0.15) is 5.10 Å². The van der Waals surface area contributed by atoms with Crippen molar-refractivity contribution >= 4 is 11.9 Å². The van der Waals surface area contributed by atoms with E-state index in [0.717, 1.165) is 0 Å². The molecule has 1 aromatic heterocycles. The van der Waals surface area contributed by atoms with Crippen LogP contribution in [-0.2, 0) is 15.1 Å². The lowest BCUT2D eigenvalue weighted by Gasteiger charge is -2.21. The fourth-order valence-electron chi connectivity index (χ4n) is 2.03. The van der Waals surface area contributed by atoms with E-state index < -0.39 is 17.5 Å². The van der Waals surface area contributed by atoms with E-state index in [1.54, 1.807) is 38.2 Å². The molecule has 0 aliphatic heterocycles. The number of ether oxygens (including phenoxy) is 1. The monoisotopic (exact) mass is 288 g/mol. The van der Waals surface area contributed by atoms with Crippen molar-refractivity contribution in [3.63, 3.8) is 0 Å². The summed E-state index contributed by atoms with van der Waals surface area (Å²) in [5.41, 5.74) is 0.403. The van der Waals surface area contributed by atoms with E-state index in [1.807, 2.05) is 0 Å². The van der Waals surface area contributed by atoms with Crippen molar-refractivity contribution in [1.29, 1.82) is 0 Å². The van der Waals surface area contributed by atoms with Gasteiger partial charge in [-0.25, -0.2) is 9.59 Å². The smallest absolute Gasteiger partial charge is 0.336 e. The van der Waals surface area contributed by atoms with Gasteiger partial charge in [-0.05, 0) is 25.5 Å². The Kier molecular flexibility index (Phi) is 3.80. The van der Waals surface area contributed by atoms with Crippen LogP contribution in [0.2, 0.25) is 0 Å². The largest absolute Gasteiger partial charge is 0.478 e. The highest BCUT2D eigenvalue weighted by molar-refractivity contribution is 5.95. The van der Waals surface area contributed by atoms with Gasteiger partial charge in [0.15, 0.2) is 5.54 Å². The molecule has 0 aliphatic rings. The van der Waals surface area contributed by atoms with Gasteiger partial charge < -0.3 is 9.84 Å². The molecule has 0 aliphatic carbocycles. The van der Waals surface area contributed by atoms with Crippen LogP contribution in [0.5, 0.6) is 0 Å². The molecule has 0 atom stereocenters. The maximum Gasteiger partial charge on any atom is 0.336 e. The van der Waals surface area contributed by atoms with Crippen molar-refractivity contribution in [2.24, 2.45) is 0 Å². The Balaban J connectivity index is 2.46. The van der Waals surface area contributed by atoms with Crippen LogP contribution in [0.3, 0.4) is 0 Å². The molecule has 0 saturated carbocycles. The number of nitrogens with zero attached hydrogens (tertiary/aromatic N) is 2. The summed E-state index contributed by atoms with van der Waals surface area (Å²) in [6.45, 7) is 3.36. The second-order valence-electron chi connectivity index (χ2n) is 5.07. The first kappa shape index (κ1) is 14.8. The fourth-order valence-corrected chi connectivity index (χ4v) is 2.03. The molecular formula is C15H16N2O4. The number of benzene rings is 1. The Morgan fingerprint density at radius 2 is 1.95 bits per heavy atom. The van der Waals surface area contributed by atoms with E-state index in [1.165, 1.54) is 24.1 Å².